The molecule has 1 aliphatic carbocycles. The Bertz CT molecular complexity index is 599. The van der Waals surface area contributed by atoms with Crippen LogP contribution in [0.25, 0.3) is 0 Å². The summed E-state index contributed by atoms with van der Waals surface area (Å²) in [6, 6.07) is 6.76. The molecule has 0 saturated heterocycles. The maximum absolute atomic E-state index is 12.3. The van der Waals surface area contributed by atoms with Gasteiger partial charge >= 0.3 is 0 Å². The summed E-state index contributed by atoms with van der Waals surface area (Å²) in [4.78, 5) is 0.224. The lowest BCUT2D eigenvalue weighted by atomic mass is 9.83. The van der Waals surface area contributed by atoms with Crippen LogP contribution in [-0.4, -0.2) is 14.5 Å². The maximum Gasteiger partial charge on any atom is 0.297 e. The molecule has 2 rings (SSSR count). The molecule has 1 aromatic carbocycles. The molecule has 0 radical (unpaired) electrons. The van der Waals surface area contributed by atoms with E-state index in [-0.39, 0.29) is 16.9 Å². The van der Waals surface area contributed by atoms with Crippen LogP contribution in [0, 0.1) is 18.8 Å². The highest BCUT2D eigenvalue weighted by molar-refractivity contribution is 7.86. The monoisotopic (exact) mass is 294 g/mol. The minimum Gasteiger partial charge on any atom is -0.258 e. The van der Waals surface area contributed by atoms with Crippen molar-refractivity contribution in [3.8, 4) is 0 Å². The lowest BCUT2D eigenvalue weighted by Gasteiger charge is -2.31. The standard InChI is InChI=1S/C16H22O3S/c1-11-5-7-15(8-6-11)20(17,18)19-16-13(3)9-12(2)10-14(16)4/h5-9,12,14,16H,10H2,1-4H3. The molecule has 0 heterocycles. The number of aryl methyl sites for hydroxylation is 1. The molecule has 3 unspecified atom stereocenters. The first-order valence-electron chi connectivity index (χ1n) is 6.98. The van der Waals surface area contributed by atoms with Crippen molar-refractivity contribution in [3.05, 3.63) is 41.5 Å². The molecular formula is C16H22O3S. The van der Waals surface area contributed by atoms with Gasteiger partial charge in [-0.05, 0) is 49.8 Å². The van der Waals surface area contributed by atoms with Crippen LogP contribution in [-0.2, 0) is 14.3 Å². The molecule has 0 aromatic heterocycles. The van der Waals surface area contributed by atoms with Crippen molar-refractivity contribution in [2.24, 2.45) is 11.8 Å². The number of hydrogen-bond donors (Lipinski definition) is 0. The summed E-state index contributed by atoms with van der Waals surface area (Å²) in [5.41, 5.74) is 2.03. The molecule has 3 nitrogen and oxygen atoms in total. The highest BCUT2D eigenvalue weighted by Crippen LogP contribution is 2.32. The van der Waals surface area contributed by atoms with Gasteiger partial charge in [-0.3, -0.25) is 4.18 Å². The summed E-state index contributed by atoms with van der Waals surface area (Å²) in [6.45, 7) is 8.06. The predicted octanol–water partition coefficient (Wildman–Crippen LogP) is 3.69. The van der Waals surface area contributed by atoms with E-state index in [1.54, 1.807) is 24.3 Å². The normalized spacial score (nSPS) is 27.2. The highest BCUT2D eigenvalue weighted by Gasteiger charge is 2.31. The number of hydrogen-bond acceptors (Lipinski definition) is 3. The van der Waals surface area contributed by atoms with Crippen LogP contribution < -0.4 is 0 Å². The van der Waals surface area contributed by atoms with Crippen LogP contribution in [0.1, 0.15) is 32.8 Å². The summed E-state index contributed by atoms with van der Waals surface area (Å²) in [5.74, 6) is 0.683. The fourth-order valence-corrected chi connectivity index (χ4v) is 4.03. The molecule has 0 bridgehead atoms. The van der Waals surface area contributed by atoms with Gasteiger partial charge in [-0.1, -0.05) is 37.6 Å². The third-order valence-corrected chi connectivity index (χ3v) is 5.11. The zero-order valence-electron chi connectivity index (χ0n) is 12.5. The van der Waals surface area contributed by atoms with Gasteiger partial charge in [0, 0.05) is 0 Å². The minimum atomic E-state index is -3.70. The first-order valence-corrected chi connectivity index (χ1v) is 8.38. The first-order chi connectivity index (χ1) is 9.29. The SMILES string of the molecule is CC1=CC(C)CC(C)C1OS(=O)(=O)c1ccc(C)cc1. The average molecular weight is 294 g/mol. The van der Waals surface area contributed by atoms with Gasteiger partial charge in [-0.2, -0.15) is 8.42 Å². The third-order valence-electron chi connectivity index (χ3n) is 3.80. The van der Waals surface area contributed by atoms with Crippen molar-refractivity contribution in [1.82, 2.24) is 0 Å². The Morgan fingerprint density at radius 1 is 1.10 bits per heavy atom. The van der Waals surface area contributed by atoms with E-state index < -0.39 is 10.1 Å². The van der Waals surface area contributed by atoms with Gasteiger partial charge in [-0.25, -0.2) is 0 Å². The molecule has 20 heavy (non-hydrogen) atoms. The fourth-order valence-electron chi connectivity index (χ4n) is 2.84. The average Bonchev–Trinajstić information content (AvgIpc) is 2.34. The molecule has 0 aliphatic heterocycles. The number of benzene rings is 1. The Kier molecular flexibility index (Phi) is 4.35. The van der Waals surface area contributed by atoms with Crippen molar-refractivity contribution in [3.63, 3.8) is 0 Å². The summed E-state index contributed by atoms with van der Waals surface area (Å²) in [6.07, 6.45) is 2.71. The molecule has 0 amide bonds. The maximum atomic E-state index is 12.3. The Balaban J connectivity index is 2.24. The Morgan fingerprint density at radius 3 is 2.25 bits per heavy atom. The second kappa shape index (κ2) is 5.70. The number of allylic oxidation sites excluding steroid dienone is 1. The van der Waals surface area contributed by atoms with E-state index in [1.165, 1.54) is 0 Å². The van der Waals surface area contributed by atoms with Crippen molar-refractivity contribution in [2.45, 2.75) is 45.1 Å². The second-order valence-electron chi connectivity index (χ2n) is 5.88. The van der Waals surface area contributed by atoms with Gasteiger partial charge in [0.05, 0.1) is 4.90 Å². The zero-order chi connectivity index (χ0) is 14.9. The zero-order valence-corrected chi connectivity index (χ0v) is 13.3. The van der Waals surface area contributed by atoms with Crippen LogP contribution in [0.4, 0.5) is 0 Å². The van der Waals surface area contributed by atoms with E-state index in [0.717, 1.165) is 17.6 Å². The van der Waals surface area contributed by atoms with Gasteiger partial charge in [0.1, 0.15) is 6.10 Å². The summed E-state index contributed by atoms with van der Waals surface area (Å²) < 4.78 is 30.2. The van der Waals surface area contributed by atoms with Crippen LogP contribution in [0.5, 0.6) is 0 Å². The van der Waals surface area contributed by atoms with Crippen LogP contribution >= 0.6 is 0 Å². The number of rotatable bonds is 3. The molecule has 0 saturated carbocycles. The van der Waals surface area contributed by atoms with Gasteiger partial charge < -0.3 is 0 Å². The van der Waals surface area contributed by atoms with Crippen molar-refractivity contribution in [2.75, 3.05) is 0 Å². The van der Waals surface area contributed by atoms with Gasteiger partial charge in [0.15, 0.2) is 0 Å². The van der Waals surface area contributed by atoms with E-state index in [1.807, 2.05) is 20.8 Å². The lowest BCUT2D eigenvalue weighted by Crippen LogP contribution is -2.31. The smallest absolute Gasteiger partial charge is 0.258 e. The third kappa shape index (κ3) is 3.30. The van der Waals surface area contributed by atoms with Gasteiger partial charge in [0.2, 0.25) is 0 Å². The Labute approximate surface area is 121 Å². The van der Waals surface area contributed by atoms with Crippen molar-refractivity contribution in [1.29, 1.82) is 0 Å². The Hall–Kier alpha value is -1.13. The van der Waals surface area contributed by atoms with Gasteiger partial charge in [-0.15, -0.1) is 0 Å². The van der Waals surface area contributed by atoms with E-state index in [9.17, 15) is 8.42 Å². The fraction of sp³-hybridized carbons (Fsp3) is 0.500. The van der Waals surface area contributed by atoms with Crippen molar-refractivity contribution >= 4 is 10.1 Å². The molecule has 0 spiro atoms. The summed E-state index contributed by atoms with van der Waals surface area (Å²) >= 11 is 0. The molecular weight excluding hydrogens is 272 g/mol. The molecule has 4 heteroatoms. The topological polar surface area (TPSA) is 43.4 Å². The molecule has 1 aliphatic rings. The van der Waals surface area contributed by atoms with E-state index in [0.29, 0.717) is 5.92 Å². The van der Waals surface area contributed by atoms with E-state index >= 15 is 0 Å². The van der Waals surface area contributed by atoms with Crippen LogP contribution in [0.2, 0.25) is 0 Å². The van der Waals surface area contributed by atoms with Gasteiger partial charge in [0.25, 0.3) is 10.1 Å². The quantitative estimate of drug-likeness (QED) is 0.631. The molecule has 3 atom stereocenters. The molecule has 0 N–H and O–H groups in total. The summed E-state index contributed by atoms with van der Waals surface area (Å²) in [5, 5.41) is 0. The predicted molar refractivity (Wildman–Crippen MR) is 79.9 cm³/mol. The van der Waals surface area contributed by atoms with E-state index in [4.69, 9.17) is 4.18 Å². The second-order valence-corrected chi connectivity index (χ2v) is 7.46. The largest absolute Gasteiger partial charge is 0.297 e. The Morgan fingerprint density at radius 2 is 1.70 bits per heavy atom. The first kappa shape index (κ1) is 15.3. The molecule has 0 fully saturated rings. The lowest BCUT2D eigenvalue weighted by molar-refractivity contribution is 0.159. The minimum absolute atomic E-state index is 0.204. The molecule has 110 valence electrons. The van der Waals surface area contributed by atoms with Crippen molar-refractivity contribution < 1.29 is 12.6 Å². The van der Waals surface area contributed by atoms with Crippen LogP contribution in [0.15, 0.2) is 40.8 Å². The molecule has 1 aromatic rings. The highest BCUT2D eigenvalue weighted by atomic mass is 32.2. The van der Waals surface area contributed by atoms with Crippen LogP contribution in [0.3, 0.4) is 0 Å². The summed E-state index contributed by atoms with van der Waals surface area (Å²) in [7, 11) is -3.70. The van der Waals surface area contributed by atoms with E-state index in [2.05, 4.69) is 13.0 Å².